The molecular weight excluding hydrogens is 695 g/mol. The first kappa shape index (κ1) is 33.6. The van der Waals surface area contributed by atoms with Crippen LogP contribution in [0.25, 0.3) is 75.8 Å². The first-order chi connectivity index (χ1) is 27.7. The number of fused-ring (bicyclic) bond motifs is 2. The quantitative estimate of drug-likeness (QED) is 0.150. The van der Waals surface area contributed by atoms with Gasteiger partial charge in [-0.05, 0) is 121 Å². The van der Waals surface area contributed by atoms with E-state index in [1.807, 2.05) is 11.3 Å². The first-order valence-electron chi connectivity index (χ1n) is 19.1. The van der Waals surface area contributed by atoms with Crippen molar-refractivity contribution in [1.82, 2.24) is 0 Å². The van der Waals surface area contributed by atoms with E-state index in [-0.39, 0.29) is 0 Å². The lowest BCUT2D eigenvalue weighted by atomic mass is 9.99. The maximum Gasteiger partial charge on any atom is 0.0462 e. The van der Waals surface area contributed by atoms with Crippen LogP contribution in [0.2, 0.25) is 0 Å². The van der Waals surface area contributed by atoms with E-state index >= 15 is 0 Å². The average molecular weight is 732 g/mol. The summed E-state index contributed by atoms with van der Waals surface area (Å²) < 4.78 is 1.33. The van der Waals surface area contributed by atoms with Crippen molar-refractivity contribution >= 4 is 49.3 Å². The molecule has 2 heteroatoms. The van der Waals surface area contributed by atoms with Gasteiger partial charge in [-0.3, -0.25) is 0 Å². The van der Waals surface area contributed by atoms with Crippen LogP contribution in [0.5, 0.6) is 0 Å². The van der Waals surface area contributed by atoms with Crippen LogP contribution >= 0.6 is 11.3 Å². The fraction of sp³-hybridized carbons (Fsp3) is 0. The number of rotatable bonds is 8. The molecule has 1 aromatic heterocycles. The highest BCUT2D eigenvalue weighted by atomic mass is 32.1. The lowest BCUT2D eigenvalue weighted by molar-refractivity contribution is 1.28. The van der Waals surface area contributed by atoms with Gasteiger partial charge in [-0.15, -0.1) is 11.3 Å². The number of hydrogen-bond donors (Lipinski definition) is 0. The summed E-state index contributed by atoms with van der Waals surface area (Å²) in [5.74, 6) is 0. The van der Waals surface area contributed by atoms with Crippen LogP contribution in [0.3, 0.4) is 0 Å². The Hall–Kier alpha value is -7.00. The average Bonchev–Trinajstić information content (AvgIpc) is 3.72. The molecule has 0 atom stereocenters. The van der Waals surface area contributed by atoms with E-state index in [9.17, 15) is 0 Å². The van der Waals surface area contributed by atoms with Gasteiger partial charge >= 0.3 is 0 Å². The van der Waals surface area contributed by atoms with Gasteiger partial charge < -0.3 is 4.90 Å². The Morgan fingerprint density at radius 3 is 1.14 bits per heavy atom. The molecule has 0 aliphatic rings. The number of thiophene rings is 1. The van der Waals surface area contributed by atoms with Gasteiger partial charge in [0, 0.05) is 26.6 Å². The second-order valence-corrected chi connectivity index (χ2v) is 15.3. The van der Waals surface area contributed by atoms with Gasteiger partial charge in [0.2, 0.25) is 0 Å². The lowest BCUT2D eigenvalue weighted by Gasteiger charge is -2.26. The number of nitrogens with zero attached hydrogens (tertiary/aromatic N) is 1. The van der Waals surface area contributed by atoms with Crippen LogP contribution < -0.4 is 4.90 Å². The molecule has 10 aromatic rings. The summed E-state index contributed by atoms with van der Waals surface area (Å²) in [7, 11) is 0. The molecule has 0 aliphatic heterocycles. The smallest absolute Gasteiger partial charge is 0.0462 e. The highest BCUT2D eigenvalue weighted by molar-refractivity contribution is 7.22. The van der Waals surface area contributed by atoms with Crippen molar-refractivity contribution < 1.29 is 0 Å². The molecule has 0 aliphatic carbocycles. The summed E-state index contributed by atoms with van der Waals surface area (Å²) in [4.78, 5) is 3.64. The summed E-state index contributed by atoms with van der Waals surface area (Å²) in [5.41, 5.74) is 14.2. The Morgan fingerprint density at radius 1 is 0.250 bits per heavy atom. The fourth-order valence-electron chi connectivity index (χ4n) is 7.66. The topological polar surface area (TPSA) is 3.24 Å². The standard InChI is InChI=1S/C54H37NS/c1-2-8-38(9-3-1)43-24-30-50(31-25-43)55(52-34-28-45(29-35-52)48-23-20-39-10-4-5-11-47(39)36-48)51-32-26-44(27-33-51)41-16-14-40(15-17-41)42-18-21-46(22-19-42)54-37-49-12-6-7-13-53(49)56-54/h1-37H. The monoisotopic (exact) mass is 731 g/mol. The summed E-state index contributed by atoms with van der Waals surface area (Å²) >= 11 is 1.85. The molecule has 0 fully saturated rings. The van der Waals surface area contributed by atoms with Crippen molar-refractivity contribution in [1.29, 1.82) is 0 Å². The van der Waals surface area contributed by atoms with Gasteiger partial charge in [0.15, 0.2) is 0 Å². The van der Waals surface area contributed by atoms with E-state index in [1.165, 1.54) is 75.8 Å². The minimum atomic E-state index is 1.11. The van der Waals surface area contributed by atoms with E-state index in [2.05, 4.69) is 229 Å². The largest absolute Gasteiger partial charge is 0.311 e. The summed E-state index contributed by atoms with van der Waals surface area (Å²) in [6, 6.07) is 81.3. The van der Waals surface area contributed by atoms with E-state index in [1.54, 1.807) is 0 Å². The number of anilines is 3. The maximum absolute atomic E-state index is 2.34. The predicted molar refractivity (Wildman–Crippen MR) is 241 cm³/mol. The van der Waals surface area contributed by atoms with Gasteiger partial charge in [0.1, 0.15) is 0 Å². The van der Waals surface area contributed by atoms with Crippen LogP contribution in [0.4, 0.5) is 17.1 Å². The van der Waals surface area contributed by atoms with Crippen LogP contribution in [0.1, 0.15) is 0 Å². The van der Waals surface area contributed by atoms with E-state index in [4.69, 9.17) is 0 Å². The van der Waals surface area contributed by atoms with Crippen LogP contribution in [-0.4, -0.2) is 0 Å². The number of benzene rings is 9. The second-order valence-electron chi connectivity index (χ2n) is 14.2. The zero-order valence-corrected chi connectivity index (χ0v) is 31.5. The molecule has 9 aromatic carbocycles. The molecule has 56 heavy (non-hydrogen) atoms. The molecule has 0 unspecified atom stereocenters. The molecule has 0 saturated heterocycles. The summed E-state index contributed by atoms with van der Waals surface area (Å²) in [6.07, 6.45) is 0. The Morgan fingerprint density at radius 2 is 0.625 bits per heavy atom. The Balaban J connectivity index is 0.925. The third-order valence-electron chi connectivity index (χ3n) is 10.7. The highest BCUT2D eigenvalue weighted by Crippen LogP contribution is 2.39. The third kappa shape index (κ3) is 6.68. The molecule has 0 saturated carbocycles. The van der Waals surface area contributed by atoms with Crippen molar-refractivity contribution in [2.45, 2.75) is 0 Å². The summed E-state index contributed by atoms with van der Waals surface area (Å²) in [6.45, 7) is 0. The molecule has 0 spiro atoms. The molecular formula is C54H37NS. The maximum atomic E-state index is 2.34. The Kier molecular flexibility index (Phi) is 8.79. The fourth-order valence-corrected chi connectivity index (χ4v) is 8.73. The van der Waals surface area contributed by atoms with Crippen molar-refractivity contribution in [2.24, 2.45) is 0 Å². The van der Waals surface area contributed by atoms with Crippen LogP contribution in [-0.2, 0) is 0 Å². The Bertz CT molecular complexity index is 2870. The lowest BCUT2D eigenvalue weighted by Crippen LogP contribution is -2.09. The van der Waals surface area contributed by atoms with Crippen molar-refractivity contribution in [3.8, 4) is 54.9 Å². The van der Waals surface area contributed by atoms with Crippen molar-refractivity contribution in [2.75, 3.05) is 4.90 Å². The first-order valence-corrected chi connectivity index (χ1v) is 19.9. The second kappa shape index (κ2) is 14.7. The molecule has 0 radical (unpaired) electrons. The van der Waals surface area contributed by atoms with Crippen molar-refractivity contribution in [3.05, 3.63) is 224 Å². The van der Waals surface area contributed by atoms with E-state index < -0.39 is 0 Å². The van der Waals surface area contributed by atoms with Gasteiger partial charge in [-0.1, -0.05) is 170 Å². The molecule has 0 bridgehead atoms. The minimum absolute atomic E-state index is 1.11. The van der Waals surface area contributed by atoms with Crippen LogP contribution in [0.15, 0.2) is 224 Å². The van der Waals surface area contributed by atoms with Crippen molar-refractivity contribution in [3.63, 3.8) is 0 Å². The number of hydrogen-bond acceptors (Lipinski definition) is 2. The molecule has 10 rings (SSSR count). The summed E-state index contributed by atoms with van der Waals surface area (Å²) in [5, 5.41) is 3.81. The molecule has 264 valence electrons. The molecule has 1 heterocycles. The van der Waals surface area contributed by atoms with E-state index in [0.29, 0.717) is 0 Å². The highest BCUT2D eigenvalue weighted by Gasteiger charge is 2.14. The SMILES string of the molecule is c1ccc(-c2ccc(N(c3ccc(-c4ccc(-c5ccc(-c6cc7ccccc7s6)cc5)cc4)cc3)c3ccc(-c4ccc5ccccc5c4)cc3)cc2)cc1. The van der Waals surface area contributed by atoms with E-state index in [0.717, 1.165) is 17.1 Å². The molecule has 0 N–H and O–H groups in total. The van der Waals surface area contributed by atoms with Gasteiger partial charge in [-0.25, -0.2) is 0 Å². The third-order valence-corrected chi connectivity index (χ3v) is 11.9. The predicted octanol–water partition coefficient (Wildman–Crippen LogP) is 15.9. The van der Waals surface area contributed by atoms with Crippen LogP contribution in [0, 0.1) is 0 Å². The minimum Gasteiger partial charge on any atom is -0.311 e. The normalized spacial score (nSPS) is 11.2. The van der Waals surface area contributed by atoms with Gasteiger partial charge in [0.05, 0.1) is 0 Å². The Labute approximate surface area is 332 Å². The zero-order chi connectivity index (χ0) is 37.3. The van der Waals surface area contributed by atoms with Gasteiger partial charge in [-0.2, -0.15) is 0 Å². The zero-order valence-electron chi connectivity index (χ0n) is 30.7. The molecule has 1 nitrogen and oxygen atoms in total. The molecule has 0 amide bonds. The van der Waals surface area contributed by atoms with Gasteiger partial charge in [0.25, 0.3) is 0 Å².